The molecule has 0 heterocycles. The number of hydrogen-bond donors (Lipinski definition) is 1. The lowest BCUT2D eigenvalue weighted by Crippen LogP contribution is -2.24. The second kappa shape index (κ2) is 8.21. The van der Waals surface area contributed by atoms with Crippen LogP contribution in [0.5, 0.6) is 0 Å². The van der Waals surface area contributed by atoms with Gasteiger partial charge in [0.2, 0.25) is 0 Å². The molecule has 0 aliphatic rings. The molecule has 0 fully saturated rings. The first-order chi connectivity index (χ1) is 9.08. The fraction of sp³-hybridized carbons (Fsp3) is 0.647. The van der Waals surface area contributed by atoms with Gasteiger partial charge in [-0.1, -0.05) is 32.9 Å². The van der Waals surface area contributed by atoms with E-state index in [1.807, 2.05) is 0 Å². The summed E-state index contributed by atoms with van der Waals surface area (Å²) in [5, 5.41) is 3.50. The van der Waals surface area contributed by atoms with Crippen LogP contribution in [0.25, 0.3) is 0 Å². The average Bonchev–Trinajstić information content (AvgIpc) is 2.36. The first-order valence-corrected chi connectivity index (χ1v) is 7.63. The van der Waals surface area contributed by atoms with Crippen molar-refractivity contribution < 1.29 is 0 Å². The number of rotatable bonds is 8. The van der Waals surface area contributed by atoms with Gasteiger partial charge in [0.15, 0.2) is 0 Å². The minimum Gasteiger partial charge on any atom is -0.372 e. The molecule has 19 heavy (non-hydrogen) atoms. The van der Waals surface area contributed by atoms with Gasteiger partial charge in [-0.2, -0.15) is 0 Å². The van der Waals surface area contributed by atoms with Gasteiger partial charge < -0.3 is 10.2 Å². The molecular formula is C17H30N2. The van der Waals surface area contributed by atoms with Gasteiger partial charge >= 0.3 is 0 Å². The molecule has 1 aromatic carbocycles. The minimum absolute atomic E-state index is 0.709. The van der Waals surface area contributed by atoms with Gasteiger partial charge in [0.25, 0.3) is 0 Å². The normalized spacial score (nSPS) is 11.1. The van der Waals surface area contributed by atoms with Crippen LogP contribution in [0, 0.1) is 12.8 Å². The summed E-state index contributed by atoms with van der Waals surface area (Å²) in [4.78, 5) is 2.46. The zero-order valence-corrected chi connectivity index (χ0v) is 13.3. The number of benzene rings is 1. The Morgan fingerprint density at radius 2 is 1.95 bits per heavy atom. The zero-order valence-electron chi connectivity index (χ0n) is 13.3. The molecule has 0 unspecified atom stereocenters. The van der Waals surface area contributed by atoms with Crippen LogP contribution >= 0.6 is 0 Å². The van der Waals surface area contributed by atoms with E-state index in [4.69, 9.17) is 0 Å². The number of nitrogens with zero attached hydrogens (tertiary/aromatic N) is 1. The molecule has 0 bridgehead atoms. The second-order valence-electron chi connectivity index (χ2n) is 5.73. The van der Waals surface area contributed by atoms with Crippen molar-refractivity contribution >= 4 is 5.69 Å². The Balaban J connectivity index is 2.68. The third-order valence-electron chi connectivity index (χ3n) is 3.36. The molecule has 2 heteroatoms. The van der Waals surface area contributed by atoms with Crippen molar-refractivity contribution in [3.63, 3.8) is 0 Å². The Kier molecular flexibility index (Phi) is 6.93. The van der Waals surface area contributed by atoms with E-state index in [9.17, 15) is 0 Å². The molecule has 1 aromatic rings. The molecule has 0 atom stereocenters. The maximum atomic E-state index is 3.50. The smallest absolute Gasteiger partial charge is 0.0396 e. The third kappa shape index (κ3) is 5.23. The standard InChI is InChI=1S/C17H30N2/c1-6-10-19(7-2)17-9-8-16(11-15(17)5)13-18-12-14(3)4/h8-9,11,14,18H,6-7,10,12-13H2,1-5H3. The Morgan fingerprint density at radius 3 is 2.47 bits per heavy atom. The van der Waals surface area contributed by atoms with Crippen molar-refractivity contribution in [2.75, 3.05) is 24.5 Å². The number of nitrogens with one attached hydrogen (secondary N) is 1. The molecule has 0 amide bonds. The van der Waals surface area contributed by atoms with Crippen LogP contribution in [0.3, 0.4) is 0 Å². The van der Waals surface area contributed by atoms with Gasteiger partial charge in [0.05, 0.1) is 0 Å². The summed E-state index contributed by atoms with van der Waals surface area (Å²) < 4.78 is 0. The van der Waals surface area contributed by atoms with Gasteiger partial charge in [-0.05, 0) is 49.9 Å². The minimum atomic E-state index is 0.709. The second-order valence-corrected chi connectivity index (χ2v) is 5.73. The highest BCUT2D eigenvalue weighted by Gasteiger charge is 2.07. The fourth-order valence-electron chi connectivity index (χ4n) is 2.41. The van der Waals surface area contributed by atoms with Crippen molar-refractivity contribution in [2.24, 2.45) is 5.92 Å². The third-order valence-corrected chi connectivity index (χ3v) is 3.36. The first-order valence-electron chi connectivity index (χ1n) is 7.63. The van der Waals surface area contributed by atoms with Crippen LogP contribution < -0.4 is 10.2 Å². The Hall–Kier alpha value is -1.02. The molecule has 1 rings (SSSR count). The van der Waals surface area contributed by atoms with Crippen molar-refractivity contribution in [3.05, 3.63) is 29.3 Å². The summed E-state index contributed by atoms with van der Waals surface area (Å²) >= 11 is 0. The summed E-state index contributed by atoms with van der Waals surface area (Å²) in [7, 11) is 0. The fourth-order valence-corrected chi connectivity index (χ4v) is 2.41. The molecule has 0 aromatic heterocycles. The van der Waals surface area contributed by atoms with Crippen molar-refractivity contribution in [2.45, 2.75) is 47.6 Å². The summed E-state index contributed by atoms with van der Waals surface area (Å²) in [6.07, 6.45) is 1.20. The molecule has 0 radical (unpaired) electrons. The maximum Gasteiger partial charge on any atom is 0.0396 e. The van der Waals surface area contributed by atoms with Gasteiger partial charge in [-0.3, -0.25) is 0 Å². The van der Waals surface area contributed by atoms with E-state index in [2.05, 4.69) is 63.0 Å². The van der Waals surface area contributed by atoms with Crippen LogP contribution in [0.1, 0.15) is 45.2 Å². The summed E-state index contributed by atoms with van der Waals surface area (Å²) in [6.45, 7) is 15.4. The average molecular weight is 262 g/mol. The van der Waals surface area contributed by atoms with Crippen LogP contribution in [-0.2, 0) is 6.54 Å². The molecule has 2 nitrogen and oxygen atoms in total. The number of anilines is 1. The SMILES string of the molecule is CCCN(CC)c1ccc(CNCC(C)C)cc1C. The van der Waals surface area contributed by atoms with E-state index in [1.54, 1.807) is 0 Å². The molecule has 0 aliphatic heterocycles. The van der Waals surface area contributed by atoms with Crippen LogP contribution in [0.2, 0.25) is 0 Å². The summed E-state index contributed by atoms with van der Waals surface area (Å²) in [6, 6.07) is 6.86. The van der Waals surface area contributed by atoms with E-state index < -0.39 is 0 Å². The molecular weight excluding hydrogens is 232 g/mol. The van der Waals surface area contributed by atoms with Crippen LogP contribution in [0.15, 0.2) is 18.2 Å². The lowest BCUT2D eigenvalue weighted by molar-refractivity contribution is 0.552. The Morgan fingerprint density at radius 1 is 1.21 bits per heavy atom. The summed E-state index contributed by atoms with van der Waals surface area (Å²) in [5.74, 6) is 0.709. The van der Waals surface area contributed by atoms with Gasteiger partial charge in [-0.25, -0.2) is 0 Å². The molecule has 0 aliphatic carbocycles. The molecule has 1 N–H and O–H groups in total. The van der Waals surface area contributed by atoms with E-state index in [0.29, 0.717) is 5.92 Å². The quantitative estimate of drug-likeness (QED) is 0.762. The largest absolute Gasteiger partial charge is 0.372 e. The topological polar surface area (TPSA) is 15.3 Å². The van der Waals surface area contributed by atoms with Crippen LogP contribution in [0.4, 0.5) is 5.69 Å². The lowest BCUT2D eigenvalue weighted by atomic mass is 10.1. The van der Waals surface area contributed by atoms with E-state index >= 15 is 0 Å². The lowest BCUT2D eigenvalue weighted by Gasteiger charge is -2.25. The van der Waals surface area contributed by atoms with E-state index in [0.717, 1.165) is 26.2 Å². The molecule has 108 valence electrons. The van der Waals surface area contributed by atoms with Crippen LogP contribution in [-0.4, -0.2) is 19.6 Å². The predicted octanol–water partition coefficient (Wildman–Crippen LogP) is 3.98. The first kappa shape index (κ1) is 16.0. The number of aryl methyl sites for hydroxylation is 1. The van der Waals surface area contributed by atoms with E-state index in [1.165, 1.54) is 23.2 Å². The monoisotopic (exact) mass is 262 g/mol. The molecule has 0 spiro atoms. The Labute approximate surface area is 119 Å². The molecule has 0 saturated heterocycles. The van der Waals surface area contributed by atoms with Gasteiger partial charge in [0.1, 0.15) is 0 Å². The molecule has 0 saturated carbocycles. The maximum absolute atomic E-state index is 3.50. The highest BCUT2D eigenvalue weighted by atomic mass is 15.1. The summed E-state index contributed by atoms with van der Waals surface area (Å²) in [5.41, 5.74) is 4.16. The van der Waals surface area contributed by atoms with Gasteiger partial charge in [0, 0.05) is 25.3 Å². The van der Waals surface area contributed by atoms with Gasteiger partial charge in [-0.15, -0.1) is 0 Å². The van der Waals surface area contributed by atoms with Crippen molar-refractivity contribution in [3.8, 4) is 0 Å². The Bertz CT molecular complexity index is 372. The predicted molar refractivity (Wildman–Crippen MR) is 85.9 cm³/mol. The van der Waals surface area contributed by atoms with Crippen molar-refractivity contribution in [1.82, 2.24) is 5.32 Å². The zero-order chi connectivity index (χ0) is 14.3. The van der Waals surface area contributed by atoms with E-state index in [-0.39, 0.29) is 0 Å². The highest BCUT2D eigenvalue weighted by molar-refractivity contribution is 5.54. The van der Waals surface area contributed by atoms with Crippen molar-refractivity contribution in [1.29, 1.82) is 0 Å². The highest BCUT2D eigenvalue weighted by Crippen LogP contribution is 2.21. The number of hydrogen-bond acceptors (Lipinski definition) is 2.